The van der Waals surface area contributed by atoms with Gasteiger partial charge in [-0.1, -0.05) is 13.3 Å². The van der Waals surface area contributed by atoms with Gasteiger partial charge >= 0.3 is 11.8 Å². The molecule has 0 spiro atoms. The van der Waals surface area contributed by atoms with Gasteiger partial charge in [-0.05, 0) is 13.3 Å². The number of carbonyl (C=O) groups is 2. The molecule has 5 heteroatoms. The fraction of sp³-hybridized carbons (Fsp3) is 0.818. The number of piperazine rings is 1. The Bertz CT molecular complexity index is 250. The SMILES string of the molecule is CCCC(C)NC(=O)C(=O)N1CCNCC1. The lowest BCUT2D eigenvalue weighted by Crippen LogP contribution is -2.52. The Morgan fingerprint density at radius 2 is 2.00 bits per heavy atom. The van der Waals surface area contributed by atoms with Gasteiger partial charge in [0.05, 0.1) is 0 Å². The maximum absolute atomic E-state index is 11.7. The number of amides is 2. The number of hydrogen-bond donors (Lipinski definition) is 2. The number of rotatable bonds is 3. The second-order valence-electron chi connectivity index (χ2n) is 4.21. The van der Waals surface area contributed by atoms with Crippen molar-refractivity contribution >= 4 is 11.8 Å². The third-order valence-corrected chi connectivity index (χ3v) is 2.70. The monoisotopic (exact) mass is 227 g/mol. The molecular weight excluding hydrogens is 206 g/mol. The van der Waals surface area contributed by atoms with Gasteiger partial charge in [0.2, 0.25) is 0 Å². The predicted octanol–water partition coefficient (Wildman–Crippen LogP) is -0.277. The van der Waals surface area contributed by atoms with E-state index in [1.165, 1.54) is 0 Å². The van der Waals surface area contributed by atoms with Crippen LogP contribution in [0, 0.1) is 0 Å². The van der Waals surface area contributed by atoms with E-state index in [2.05, 4.69) is 17.6 Å². The fourth-order valence-corrected chi connectivity index (χ4v) is 1.80. The number of nitrogens with zero attached hydrogens (tertiary/aromatic N) is 1. The first-order valence-electron chi connectivity index (χ1n) is 5.95. The lowest BCUT2D eigenvalue weighted by molar-refractivity contribution is -0.146. The highest BCUT2D eigenvalue weighted by Crippen LogP contribution is 1.97. The first kappa shape index (κ1) is 13.0. The second-order valence-corrected chi connectivity index (χ2v) is 4.21. The highest BCUT2D eigenvalue weighted by molar-refractivity contribution is 6.35. The summed E-state index contributed by atoms with van der Waals surface area (Å²) < 4.78 is 0. The van der Waals surface area contributed by atoms with Crippen LogP contribution < -0.4 is 10.6 Å². The van der Waals surface area contributed by atoms with Crippen molar-refractivity contribution in [2.75, 3.05) is 26.2 Å². The maximum Gasteiger partial charge on any atom is 0.311 e. The Hall–Kier alpha value is -1.10. The van der Waals surface area contributed by atoms with Gasteiger partial charge in [0.25, 0.3) is 0 Å². The van der Waals surface area contributed by atoms with E-state index in [1.807, 2.05) is 6.92 Å². The minimum atomic E-state index is -0.470. The summed E-state index contributed by atoms with van der Waals surface area (Å²) in [5.74, 6) is -0.868. The molecule has 2 N–H and O–H groups in total. The standard InChI is InChI=1S/C11H21N3O2/c1-3-4-9(2)13-10(15)11(16)14-7-5-12-6-8-14/h9,12H,3-8H2,1-2H3,(H,13,15). The predicted molar refractivity (Wildman–Crippen MR) is 62.0 cm³/mol. The Labute approximate surface area is 96.6 Å². The molecule has 0 bridgehead atoms. The molecule has 0 aromatic rings. The lowest BCUT2D eigenvalue weighted by atomic mass is 10.2. The van der Waals surface area contributed by atoms with Gasteiger partial charge in [-0.15, -0.1) is 0 Å². The molecule has 2 amide bonds. The summed E-state index contributed by atoms with van der Waals surface area (Å²) in [7, 11) is 0. The van der Waals surface area contributed by atoms with Crippen molar-refractivity contribution in [2.45, 2.75) is 32.7 Å². The van der Waals surface area contributed by atoms with E-state index in [9.17, 15) is 9.59 Å². The van der Waals surface area contributed by atoms with Gasteiger partial charge < -0.3 is 15.5 Å². The number of nitrogens with one attached hydrogen (secondary N) is 2. The van der Waals surface area contributed by atoms with E-state index >= 15 is 0 Å². The van der Waals surface area contributed by atoms with Crippen LogP contribution in [0.15, 0.2) is 0 Å². The molecule has 0 saturated carbocycles. The minimum Gasteiger partial charge on any atom is -0.345 e. The zero-order valence-electron chi connectivity index (χ0n) is 10.1. The highest BCUT2D eigenvalue weighted by Gasteiger charge is 2.23. The molecule has 0 aromatic heterocycles. The van der Waals surface area contributed by atoms with Gasteiger partial charge in [-0.3, -0.25) is 9.59 Å². The molecule has 5 nitrogen and oxygen atoms in total. The topological polar surface area (TPSA) is 61.4 Å². The van der Waals surface area contributed by atoms with Crippen LogP contribution in [0.1, 0.15) is 26.7 Å². The van der Waals surface area contributed by atoms with Crippen molar-refractivity contribution in [3.05, 3.63) is 0 Å². The molecule has 1 rings (SSSR count). The van der Waals surface area contributed by atoms with Crippen molar-refractivity contribution in [2.24, 2.45) is 0 Å². The van der Waals surface area contributed by atoms with Gasteiger partial charge in [-0.2, -0.15) is 0 Å². The third-order valence-electron chi connectivity index (χ3n) is 2.70. The number of carbonyl (C=O) groups excluding carboxylic acids is 2. The van der Waals surface area contributed by atoms with Crippen molar-refractivity contribution in [3.63, 3.8) is 0 Å². The summed E-state index contributed by atoms with van der Waals surface area (Å²) in [6.07, 6.45) is 1.91. The molecule has 92 valence electrons. The Kier molecular flexibility index (Phi) is 5.25. The van der Waals surface area contributed by atoms with E-state index in [0.717, 1.165) is 25.9 Å². The molecule has 1 unspecified atom stereocenters. The van der Waals surface area contributed by atoms with E-state index in [4.69, 9.17) is 0 Å². The summed E-state index contributed by atoms with van der Waals surface area (Å²) in [5.41, 5.74) is 0. The summed E-state index contributed by atoms with van der Waals surface area (Å²) in [6.45, 7) is 6.75. The van der Waals surface area contributed by atoms with Crippen molar-refractivity contribution in [3.8, 4) is 0 Å². The molecule has 1 saturated heterocycles. The summed E-state index contributed by atoms with van der Waals surface area (Å²) >= 11 is 0. The maximum atomic E-state index is 11.7. The van der Waals surface area contributed by atoms with Gasteiger partial charge in [-0.25, -0.2) is 0 Å². The van der Waals surface area contributed by atoms with E-state index in [1.54, 1.807) is 4.90 Å². The van der Waals surface area contributed by atoms with Crippen LogP contribution in [-0.4, -0.2) is 48.9 Å². The van der Waals surface area contributed by atoms with Gasteiger partial charge in [0, 0.05) is 32.2 Å². The zero-order chi connectivity index (χ0) is 12.0. The molecule has 1 fully saturated rings. The van der Waals surface area contributed by atoms with Gasteiger partial charge in [0.1, 0.15) is 0 Å². The van der Waals surface area contributed by atoms with E-state index < -0.39 is 11.8 Å². The Balaban J connectivity index is 2.37. The molecule has 0 radical (unpaired) electrons. The smallest absolute Gasteiger partial charge is 0.311 e. The first-order valence-corrected chi connectivity index (χ1v) is 5.95. The van der Waals surface area contributed by atoms with Crippen LogP contribution in [-0.2, 0) is 9.59 Å². The average molecular weight is 227 g/mol. The van der Waals surface area contributed by atoms with Crippen molar-refractivity contribution in [1.29, 1.82) is 0 Å². The average Bonchev–Trinajstić information content (AvgIpc) is 2.29. The third kappa shape index (κ3) is 3.81. The number of hydrogen-bond acceptors (Lipinski definition) is 3. The molecule has 0 aliphatic carbocycles. The van der Waals surface area contributed by atoms with Crippen LogP contribution >= 0.6 is 0 Å². The lowest BCUT2D eigenvalue weighted by Gasteiger charge is -2.27. The molecule has 0 aromatic carbocycles. The normalized spacial score (nSPS) is 18.0. The Morgan fingerprint density at radius 3 is 2.56 bits per heavy atom. The van der Waals surface area contributed by atoms with Crippen molar-refractivity contribution in [1.82, 2.24) is 15.5 Å². The van der Waals surface area contributed by atoms with Gasteiger partial charge in [0.15, 0.2) is 0 Å². The zero-order valence-corrected chi connectivity index (χ0v) is 10.1. The molecule has 1 atom stereocenters. The van der Waals surface area contributed by atoms with E-state index in [0.29, 0.717) is 13.1 Å². The van der Waals surface area contributed by atoms with Crippen LogP contribution in [0.2, 0.25) is 0 Å². The fourth-order valence-electron chi connectivity index (χ4n) is 1.80. The summed E-state index contributed by atoms with van der Waals surface area (Å²) in [4.78, 5) is 24.9. The summed E-state index contributed by atoms with van der Waals surface area (Å²) in [6, 6.07) is 0.0735. The quantitative estimate of drug-likeness (QED) is 0.652. The van der Waals surface area contributed by atoms with Crippen LogP contribution in [0.4, 0.5) is 0 Å². The van der Waals surface area contributed by atoms with Crippen LogP contribution in [0.3, 0.4) is 0 Å². The highest BCUT2D eigenvalue weighted by atomic mass is 16.2. The van der Waals surface area contributed by atoms with E-state index in [-0.39, 0.29) is 6.04 Å². The molecule has 1 heterocycles. The molecule has 1 aliphatic rings. The molecule has 16 heavy (non-hydrogen) atoms. The Morgan fingerprint density at radius 1 is 1.38 bits per heavy atom. The molecular formula is C11H21N3O2. The summed E-state index contributed by atoms with van der Waals surface area (Å²) in [5, 5.41) is 5.87. The largest absolute Gasteiger partial charge is 0.345 e. The minimum absolute atomic E-state index is 0.0735. The van der Waals surface area contributed by atoms with Crippen LogP contribution in [0.5, 0.6) is 0 Å². The molecule has 1 aliphatic heterocycles. The first-order chi connectivity index (χ1) is 7.65. The second kappa shape index (κ2) is 6.48. The van der Waals surface area contributed by atoms with Crippen molar-refractivity contribution < 1.29 is 9.59 Å². The van der Waals surface area contributed by atoms with Crippen LogP contribution in [0.25, 0.3) is 0 Å².